The summed E-state index contributed by atoms with van der Waals surface area (Å²) in [5.74, 6) is 0.814. The van der Waals surface area contributed by atoms with Gasteiger partial charge in [-0.05, 0) is 32.9 Å². The van der Waals surface area contributed by atoms with Crippen LogP contribution >= 0.6 is 0 Å². The van der Waals surface area contributed by atoms with Crippen LogP contribution in [0.15, 0.2) is 30.5 Å². The van der Waals surface area contributed by atoms with Gasteiger partial charge in [0, 0.05) is 30.1 Å². The molecule has 0 spiro atoms. The fourth-order valence-corrected chi connectivity index (χ4v) is 2.36. The highest BCUT2D eigenvalue weighted by molar-refractivity contribution is 5.55. The number of aliphatic hydroxyl groups is 1. The Kier molecular flexibility index (Phi) is 3.77. The Morgan fingerprint density at radius 3 is 2.82 bits per heavy atom. The lowest BCUT2D eigenvalue weighted by atomic mass is 10.2. The van der Waals surface area contributed by atoms with Crippen molar-refractivity contribution in [1.82, 2.24) is 19.6 Å². The van der Waals surface area contributed by atoms with E-state index in [2.05, 4.69) is 20.4 Å². The number of aliphatic hydroxyl groups excluding tert-OH is 1. The Bertz CT molecular complexity index is 797. The third-order valence-corrected chi connectivity index (χ3v) is 3.69. The van der Waals surface area contributed by atoms with Crippen LogP contribution in [-0.4, -0.2) is 31.2 Å². The molecular formula is C16H19N5O. The van der Waals surface area contributed by atoms with Crippen LogP contribution in [-0.2, 0) is 0 Å². The Balaban J connectivity index is 1.86. The van der Waals surface area contributed by atoms with Crippen molar-refractivity contribution in [2.75, 3.05) is 11.9 Å². The molecular weight excluding hydrogens is 278 g/mol. The molecule has 0 radical (unpaired) electrons. The number of nitrogens with one attached hydrogen (secondary N) is 1. The molecule has 6 heteroatoms. The predicted octanol–water partition coefficient (Wildman–Crippen LogP) is 2.20. The van der Waals surface area contributed by atoms with Gasteiger partial charge in [-0.1, -0.05) is 6.07 Å². The number of pyridine rings is 1. The van der Waals surface area contributed by atoms with Gasteiger partial charge in [0.2, 0.25) is 0 Å². The molecule has 3 aromatic rings. The van der Waals surface area contributed by atoms with Crippen LogP contribution in [0.25, 0.3) is 5.65 Å². The van der Waals surface area contributed by atoms with Crippen LogP contribution in [0.2, 0.25) is 0 Å². The number of nitrogens with zero attached hydrogens (tertiary/aromatic N) is 4. The minimum Gasteiger partial charge on any atom is -0.385 e. The van der Waals surface area contributed by atoms with E-state index in [9.17, 15) is 5.11 Å². The molecule has 0 saturated heterocycles. The van der Waals surface area contributed by atoms with Crippen molar-refractivity contribution >= 4 is 11.5 Å². The minimum absolute atomic E-state index is 0.355. The van der Waals surface area contributed by atoms with E-state index in [1.54, 1.807) is 10.7 Å². The molecule has 3 rings (SSSR count). The molecule has 3 aromatic heterocycles. The van der Waals surface area contributed by atoms with Gasteiger partial charge in [-0.15, -0.1) is 0 Å². The lowest BCUT2D eigenvalue weighted by Gasteiger charge is -2.13. The Morgan fingerprint density at radius 2 is 2.09 bits per heavy atom. The molecule has 0 saturated carbocycles. The number of rotatable bonds is 4. The molecule has 0 amide bonds. The molecule has 114 valence electrons. The molecule has 0 fully saturated rings. The second kappa shape index (κ2) is 5.73. The monoisotopic (exact) mass is 297 g/mol. The molecule has 0 aromatic carbocycles. The average molecular weight is 297 g/mol. The third-order valence-electron chi connectivity index (χ3n) is 3.69. The molecule has 6 nitrogen and oxygen atoms in total. The topological polar surface area (TPSA) is 75.3 Å². The summed E-state index contributed by atoms with van der Waals surface area (Å²) in [4.78, 5) is 8.69. The Labute approximate surface area is 128 Å². The molecule has 0 aliphatic rings. The van der Waals surface area contributed by atoms with E-state index in [4.69, 9.17) is 0 Å². The zero-order chi connectivity index (χ0) is 15.7. The van der Waals surface area contributed by atoms with Gasteiger partial charge in [0.25, 0.3) is 0 Å². The summed E-state index contributed by atoms with van der Waals surface area (Å²) in [7, 11) is 0. The van der Waals surface area contributed by atoms with E-state index in [0.717, 1.165) is 28.4 Å². The van der Waals surface area contributed by atoms with Crippen molar-refractivity contribution < 1.29 is 5.11 Å². The van der Waals surface area contributed by atoms with Gasteiger partial charge in [-0.3, -0.25) is 4.98 Å². The molecule has 1 atom stereocenters. The second-order valence-corrected chi connectivity index (χ2v) is 5.38. The summed E-state index contributed by atoms with van der Waals surface area (Å²) in [5, 5.41) is 17.9. The first-order valence-corrected chi connectivity index (χ1v) is 7.22. The molecule has 2 N–H and O–H groups in total. The quantitative estimate of drug-likeness (QED) is 0.772. The largest absolute Gasteiger partial charge is 0.385 e. The summed E-state index contributed by atoms with van der Waals surface area (Å²) in [6.07, 6.45) is 0.996. The maximum Gasteiger partial charge on any atom is 0.160 e. The maximum atomic E-state index is 10.2. The molecule has 22 heavy (non-hydrogen) atoms. The first kappa shape index (κ1) is 14.5. The molecule has 0 aliphatic carbocycles. The molecule has 0 bridgehead atoms. The Hall–Kier alpha value is -2.47. The van der Waals surface area contributed by atoms with Crippen molar-refractivity contribution in [1.29, 1.82) is 0 Å². The number of hydrogen-bond acceptors (Lipinski definition) is 5. The van der Waals surface area contributed by atoms with E-state index < -0.39 is 6.10 Å². The van der Waals surface area contributed by atoms with Gasteiger partial charge in [0.1, 0.15) is 11.9 Å². The van der Waals surface area contributed by atoms with E-state index in [0.29, 0.717) is 12.2 Å². The van der Waals surface area contributed by atoms with Crippen molar-refractivity contribution in [2.24, 2.45) is 0 Å². The summed E-state index contributed by atoms with van der Waals surface area (Å²) in [6, 6.07) is 7.42. The highest BCUT2D eigenvalue weighted by Crippen LogP contribution is 2.19. The number of fused-ring (bicyclic) bond motifs is 1. The Morgan fingerprint density at radius 1 is 1.27 bits per heavy atom. The smallest absolute Gasteiger partial charge is 0.160 e. The normalized spacial score (nSPS) is 12.5. The van der Waals surface area contributed by atoms with Crippen molar-refractivity contribution in [3.8, 4) is 0 Å². The van der Waals surface area contributed by atoms with E-state index in [1.165, 1.54) is 0 Å². The fraction of sp³-hybridized carbons (Fsp3) is 0.312. The minimum atomic E-state index is -0.678. The fourth-order valence-electron chi connectivity index (χ4n) is 2.36. The van der Waals surface area contributed by atoms with Gasteiger partial charge in [0.15, 0.2) is 5.65 Å². The summed E-state index contributed by atoms with van der Waals surface area (Å²) in [6.45, 7) is 6.28. The number of anilines is 1. The molecule has 3 heterocycles. The summed E-state index contributed by atoms with van der Waals surface area (Å²) < 4.78 is 1.78. The van der Waals surface area contributed by atoms with Crippen molar-refractivity contribution in [3.63, 3.8) is 0 Å². The lowest BCUT2D eigenvalue weighted by Crippen LogP contribution is -2.15. The molecule has 0 unspecified atom stereocenters. The van der Waals surface area contributed by atoms with Crippen LogP contribution in [0.1, 0.15) is 28.7 Å². The van der Waals surface area contributed by atoms with E-state index in [1.807, 2.05) is 45.0 Å². The van der Waals surface area contributed by atoms with Gasteiger partial charge in [0.05, 0.1) is 11.4 Å². The second-order valence-electron chi connectivity index (χ2n) is 5.38. The van der Waals surface area contributed by atoms with Crippen LogP contribution in [0.3, 0.4) is 0 Å². The summed E-state index contributed by atoms with van der Waals surface area (Å²) in [5.41, 5.74) is 4.41. The van der Waals surface area contributed by atoms with E-state index in [-0.39, 0.29) is 0 Å². The number of aromatic nitrogens is 4. The third kappa shape index (κ3) is 2.65. The van der Waals surface area contributed by atoms with Crippen LogP contribution < -0.4 is 5.32 Å². The van der Waals surface area contributed by atoms with Crippen LogP contribution in [0.5, 0.6) is 0 Å². The number of hydrogen-bond donors (Lipinski definition) is 2. The standard InChI is InChI=1S/C16H19N5O/c1-10-8-15(21-16(19-10)11(2)12(3)20-21)18-9-14(22)13-6-4-5-7-17-13/h4-8,14,18,22H,9H2,1-3H3/t14-/m0/s1. The van der Waals surface area contributed by atoms with Crippen molar-refractivity contribution in [3.05, 3.63) is 53.1 Å². The van der Waals surface area contributed by atoms with Gasteiger partial charge in [-0.25, -0.2) is 4.98 Å². The molecule has 0 aliphatic heterocycles. The SMILES string of the molecule is Cc1cc(NC[C@H](O)c2ccccn2)n2nc(C)c(C)c2n1. The van der Waals surface area contributed by atoms with Gasteiger partial charge >= 0.3 is 0 Å². The predicted molar refractivity (Wildman–Crippen MR) is 84.9 cm³/mol. The zero-order valence-electron chi connectivity index (χ0n) is 12.9. The van der Waals surface area contributed by atoms with Crippen molar-refractivity contribution in [2.45, 2.75) is 26.9 Å². The first-order chi connectivity index (χ1) is 10.6. The lowest BCUT2D eigenvalue weighted by molar-refractivity contribution is 0.186. The first-order valence-electron chi connectivity index (χ1n) is 7.22. The average Bonchev–Trinajstić information content (AvgIpc) is 2.81. The van der Waals surface area contributed by atoms with Gasteiger partial charge < -0.3 is 10.4 Å². The van der Waals surface area contributed by atoms with Crippen LogP contribution in [0, 0.1) is 20.8 Å². The number of aryl methyl sites for hydroxylation is 3. The zero-order valence-corrected chi connectivity index (χ0v) is 12.9. The maximum absolute atomic E-state index is 10.2. The summed E-state index contributed by atoms with van der Waals surface area (Å²) >= 11 is 0. The van der Waals surface area contributed by atoms with Gasteiger partial charge in [-0.2, -0.15) is 9.61 Å². The van der Waals surface area contributed by atoms with E-state index >= 15 is 0 Å². The highest BCUT2D eigenvalue weighted by atomic mass is 16.3. The van der Waals surface area contributed by atoms with Crippen LogP contribution in [0.4, 0.5) is 5.82 Å². The highest BCUT2D eigenvalue weighted by Gasteiger charge is 2.13.